The molecule has 1 saturated carbocycles. The van der Waals surface area contributed by atoms with Gasteiger partial charge in [0.15, 0.2) is 0 Å². The first kappa shape index (κ1) is 23.4. The molecule has 168 valence electrons. The third kappa shape index (κ3) is 4.81. The van der Waals surface area contributed by atoms with E-state index in [0.29, 0.717) is 0 Å². The van der Waals surface area contributed by atoms with Crippen LogP contribution in [0.5, 0.6) is 0 Å². The number of anilines is 1. The number of carbonyl (C=O) groups is 2. The zero-order valence-corrected chi connectivity index (χ0v) is 19.2. The molecule has 0 aliphatic heterocycles. The monoisotopic (exact) mass is 468 g/mol. The van der Waals surface area contributed by atoms with Crippen LogP contribution in [-0.2, 0) is 14.8 Å². The number of nitrogens with one attached hydrogen (secondary N) is 1. The number of hydrogen-bond acceptors (Lipinski definition) is 6. The van der Waals surface area contributed by atoms with Gasteiger partial charge in [0.1, 0.15) is 10.8 Å². The Bertz CT molecular complexity index is 1090. The van der Waals surface area contributed by atoms with E-state index in [-0.39, 0.29) is 41.1 Å². The minimum Gasteiger partial charge on any atom is -0.462 e. The van der Waals surface area contributed by atoms with E-state index in [9.17, 15) is 22.4 Å². The molecule has 7 nitrogen and oxygen atoms in total. The van der Waals surface area contributed by atoms with Gasteiger partial charge in [-0.05, 0) is 54.8 Å². The molecule has 1 fully saturated rings. The van der Waals surface area contributed by atoms with Gasteiger partial charge in [-0.15, -0.1) is 11.3 Å². The first-order valence-electron chi connectivity index (χ1n) is 10.1. The largest absolute Gasteiger partial charge is 0.462 e. The highest BCUT2D eigenvalue weighted by Crippen LogP contribution is 2.46. The number of sulfonamides is 1. The van der Waals surface area contributed by atoms with Crippen LogP contribution in [0.15, 0.2) is 28.5 Å². The first-order valence-corrected chi connectivity index (χ1v) is 12.5. The average molecular weight is 469 g/mol. The van der Waals surface area contributed by atoms with Crippen molar-refractivity contribution in [2.24, 2.45) is 0 Å². The smallest absolute Gasteiger partial charge is 0.341 e. The standard InChI is InChI=1S/C21H25FN2O5S2/c1-4-24(5-2)31(27,28)14-9-10-17(22)15(11-14)19(25)23-20-18(21(26)29-6-3)16(12-30-20)13-7-8-13/h9-13H,4-8H2,1-3H3,(H,23,25). The Hall–Kier alpha value is -2.30. The van der Waals surface area contributed by atoms with Crippen LogP contribution in [0.2, 0.25) is 0 Å². The highest BCUT2D eigenvalue weighted by molar-refractivity contribution is 7.89. The normalized spacial score (nSPS) is 14.0. The maximum Gasteiger partial charge on any atom is 0.341 e. The molecule has 0 saturated heterocycles. The zero-order chi connectivity index (χ0) is 22.8. The molecular formula is C21H25FN2O5S2. The number of benzene rings is 1. The molecule has 1 amide bonds. The SMILES string of the molecule is CCOC(=O)c1c(C2CC2)csc1NC(=O)c1cc(S(=O)(=O)N(CC)CC)ccc1F. The Kier molecular flexibility index (Phi) is 7.13. The second-order valence-corrected chi connectivity index (χ2v) is 9.89. The fraction of sp³-hybridized carbons (Fsp3) is 0.429. The molecule has 0 bridgehead atoms. The van der Waals surface area contributed by atoms with Crippen molar-refractivity contribution >= 4 is 38.2 Å². The van der Waals surface area contributed by atoms with Gasteiger partial charge < -0.3 is 10.1 Å². The van der Waals surface area contributed by atoms with Crippen LogP contribution >= 0.6 is 11.3 Å². The van der Waals surface area contributed by atoms with Crippen molar-refractivity contribution in [1.29, 1.82) is 0 Å². The molecule has 0 atom stereocenters. The number of rotatable bonds is 9. The van der Waals surface area contributed by atoms with Gasteiger partial charge in [-0.3, -0.25) is 4.79 Å². The van der Waals surface area contributed by atoms with E-state index in [4.69, 9.17) is 4.74 Å². The van der Waals surface area contributed by atoms with Crippen LogP contribution in [0.4, 0.5) is 9.39 Å². The summed E-state index contributed by atoms with van der Waals surface area (Å²) in [6.07, 6.45) is 1.91. The quantitative estimate of drug-likeness (QED) is 0.556. The molecule has 1 aliphatic rings. The molecular weight excluding hydrogens is 443 g/mol. The van der Waals surface area contributed by atoms with Crippen molar-refractivity contribution in [2.45, 2.75) is 44.4 Å². The zero-order valence-electron chi connectivity index (χ0n) is 17.6. The van der Waals surface area contributed by atoms with Crippen molar-refractivity contribution in [3.8, 4) is 0 Å². The molecule has 3 rings (SSSR count). The van der Waals surface area contributed by atoms with Crippen molar-refractivity contribution in [1.82, 2.24) is 4.31 Å². The lowest BCUT2D eigenvalue weighted by atomic mass is 10.1. The summed E-state index contributed by atoms with van der Waals surface area (Å²) in [5, 5.41) is 4.64. The van der Waals surface area contributed by atoms with Crippen molar-refractivity contribution in [3.63, 3.8) is 0 Å². The molecule has 31 heavy (non-hydrogen) atoms. The Morgan fingerprint density at radius 2 is 1.90 bits per heavy atom. The van der Waals surface area contributed by atoms with E-state index >= 15 is 0 Å². The Morgan fingerprint density at radius 3 is 2.48 bits per heavy atom. The Labute approximate surface area is 185 Å². The van der Waals surface area contributed by atoms with Gasteiger partial charge in [0.05, 0.1) is 22.6 Å². The molecule has 1 heterocycles. The van der Waals surface area contributed by atoms with Gasteiger partial charge >= 0.3 is 5.97 Å². The molecule has 1 aromatic carbocycles. The lowest BCUT2D eigenvalue weighted by Gasteiger charge is -2.19. The van der Waals surface area contributed by atoms with Crippen LogP contribution in [-0.4, -0.2) is 44.3 Å². The first-order chi connectivity index (χ1) is 14.7. The third-order valence-electron chi connectivity index (χ3n) is 5.07. The summed E-state index contributed by atoms with van der Waals surface area (Å²) in [6.45, 7) is 5.77. The van der Waals surface area contributed by atoms with Gasteiger partial charge in [-0.1, -0.05) is 13.8 Å². The van der Waals surface area contributed by atoms with Crippen molar-refractivity contribution in [3.05, 3.63) is 46.1 Å². The van der Waals surface area contributed by atoms with E-state index < -0.39 is 33.3 Å². The predicted octanol–water partition coefficient (Wildman–Crippen LogP) is 4.22. The topological polar surface area (TPSA) is 92.8 Å². The molecule has 10 heteroatoms. The third-order valence-corrected chi connectivity index (χ3v) is 8.03. The van der Waals surface area contributed by atoms with E-state index in [1.807, 2.05) is 0 Å². The second kappa shape index (κ2) is 9.46. The van der Waals surface area contributed by atoms with Gasteiger partial charge in [-0.25, -0.2) is 17.6 Å². The number of ether oxygens (including phenoxy) is 1. The Balaban J connectivity index is 1.94. The number of amides is 1. The number of hydrogen-bond donors (Lipinski definition) is 1. The van der Waals surface area contributed by atoms with Gasteiger partial charge in [-0.2, -0.15) is 4.31 Å². The summed E-state index contributed by atoms with van der Waals surface area (Å²) >= 11 is 1.17. The van der Waals surface area contributed by atoms with Gasteiger partial charge in [0, 0.05) is 13.1 Å². The summed E-state index contributed by atoms with van der Waals surface area (Å²) in [5.41, 5.74) is 0.691. The number of halogens is 1. The summed E-state index contributed by atoms with van der Waals surface area (Å²) in [4.78, 5) is 25.1. The van der Waals surface area contributed by atoms with Crippen LogP contribution in [0.1, 0.15) is 65.8 Å². The molecule has 1 aliphatic carbocycles. The van der Waals surface area contributed by atoms with Crippen LogP contribution in [0, 0.1) is 5.82 Å². The van der Waals surface area contributed by atoms with Crippen LogP contribution in [0.3, 0.4) is 0 Å². The van der Waals surface area contributed by atoms with E-state index in [2.05, 4.69) is 5.32 Å². The van der Waals surface area contributed by atoms with E-state index in [1.54, 1.807) is 26.2 Å². The van der Waals surface area contributed by atoms with E-state index in [0.717, 1.165) is 36.6 Å². The molecule has 0 radical (unpaired) electrons. The minimum atomic E-state index is -3.86. The lowest BCUT2D eigenvalue weighted by molar-refractivity contribution is 0.0527. The molecule has 2 aromatic rings. The number of esters is 1. The number of thiophene rings is 1. The summed E-state index contributed by atoms with van der Waals surface area (Å²) in [6, 6.07) is 3.12. The fourth-order valence-corrected chi connectivity index (χ4v) is 5.80. The lowest BCUT2D eigenvalue weighted by Crippen LogP contribution is -2.31. The van der Waals surface area contributed by atoms with Gasteiger partial charge in [0.2, 0.25) is 10.0 Å². The highest BCUT2D eigenvalue weighted by Gasteiger charge is 2.33. The van der Waals surface area contributed by atoms with Crippen molar-refractivity contribution in [2.75, 3.05) is 25.0 Å². The fourth-order valence-electron chi connectivity index (χ4n) is 3.29. The number of carbonyl (C=O) groups excluding carboxylic acids is 2. The highest BCUT2D eigenvalue weighted by atomic mass is 32.2. The Morgan fingerprint density at radius 1 is 1.23 bits per heavy atom. The van der Waals surface area contributed by atoms with Crippen molar-refractivity contribution < 1.29 is 27.1 Å². The number of nitrogens with zero attached hydrogens (tertiary/aromatic N) is 1. The molecule has 1 N–H and O–H groups in total. The molecule has 0 spiro atoms. The predicted molar refractivity (Wildman–Crippen MR) is 117 cm³/mol. The van der Waals surface area contributed by atoms with Crippen LogP contribution < -0.4 is 5.32 Å². The summed E-state index contributed by atoms with van der Waals surface area (Å²) < 4.78 is 46.3. The average Bonchev–Trinajstić information content (AvgIpc) is 3.49. The van der Waals surface area contributed by atoms with Gasteiger partial charge in [0.25, 0.3) is 5.91 Å². The maximum absolute atomic E-state index is 14.4. The second-order valence-electron chi connectivity index (χ2n) is 7.08. The van der Waals surface area contributed by atoms with E-state index in [1.165, 1.54) is 15.6 Å². The van der Waals surface area contributed by atoms with Crippen LogP contribution in [0.25, 0.3) is 0 Å². The maximum atomic E-state index is 14.4. The minimum absolute atomic E-state index is 0.168. The summed E-state index contributed by atoms with van der Waals surface area (Å²) in [7, 11) is -3.86. The summed E-state index contributed by atoms with van der Waals surface area (Å²) in [5.74, 6) is -1.98. The molecule has 1 aromatic heterocycles. The molecule has 0 unspecified atom stereocenters.